The number of nitrogens with zero attached hydrogens (tertiary/aromatic N) is 2. The largest absolute Gasteiger partial charge is 0.314 e. The zero-order valence-corrected chi connectivity index (χ0v) is 15.6. The van der Waals surface area contributed by atoms with Crippen molar-refractivity contribution in [3.8, 4) is 0 Å². The predicted molar refractivity (Wildman–Crippen MR) is 97.9 cm³/mol. The first kappa shape index (κ1) is 16.7. The molecule has 5 nitrogen and oxygen atoms in total. The minimum absolute atomic E-state index is 0.0129. The van der Waals surface area contributed by atoms with Crippen molar-refractivity contribution in [2.24, 2.45) is 10.9 Å². The molecule has 9 heteroatoms. The molecule has 3 aliphatic rings. The number of sulfone groups is 1. The molecule has 1 aromatic carbocycles. The number of halogens is 2. The van der Waals surface area contributed by atoms with Gasteiger partial charge in [0.2, 0.25) is 0 Å². The van der Waals surface area contributed by atoms with E-state index in [1.807, 2.05) is 0 Å². The number of amides is 1. The van der Waals surface area contributed by atoms with Gasteiger partial charge < -0.3 is 4.90 Å². The quantitative estimate of drug-likeness (QED) is 0.757. The normalized spacial score (nSPS) is 29.9. The van der Waals surface area contributed by atoms with E-state index in [4.69, 9.17) is 23.2 Å². The Morgan fingerprint density at radius 2 is 2.00 bits per heavy atom. The molecule has 0 aromatic heterocycles. The molecule has 0 radical (unpaired) electrons. The lowest BCUT2D eigenvalue weighted by Crippen LogP contribution is -2.38. The SMILES string of the molecule is O=C(N=C1S[C@@H]2CS(=O)(=O)C[C@H]2N1c1cc(Cl)ccc1Cl)C1CC1. The highest BCUT2D eigenvalue weighted by Crippen LogP contribution is 2.44. The number of anilines is 1. The maximum Gasteiger partial charge on any atom is 0.251 e. The summed E-state index contributed by atoms with van der Waals surface area (Å²) in [6, 6.07) is 4.75. The molecule has 0 bridgehead atoms. The molecule has 2 saturated heterocycles. The zero-order valence-electron chi connectivity index (χ0n) is 12.5. The monoisotopic (exact) mass is 404 g/mol. The summed E-state index contributed by atoms with van der Waals surface area (Å²) in [6.45, 7) is 0. The Kier molecular flexibility index (Phi) is 4.10. The lowest BCUT2D eigenvalue weighted by atomic mass is 10.2. The van der Waals surface area contributed by atoms with Gasteiger partial charge in [0.15, 0.2) is 15.0 Å². The van der Waals surface area contributed by atoms with E-state index in [0.717, 1.165) is 12.8 Å². The summed E-state index contributed by atoms with van der Waals surface area (Å²) in [7, 11) is -3.10. The fraction of sp³-hybridized carbons (Fsp3) is 0.467. The van der Waals surface area contributed by atoms with Gasteiger partial charge in [-0.2, -0.15) is 4.99 Å². The number of thioether (sulfide) groups is 1. The molecule has 24 heavy (non-hydrogen) atoms. The van der Waals surface area contributed by atoms with Gasteiger partial charge in [-0.25, -0.2) is 8.42 Å². The summed E-state index contributed by atoms with van der Waals surface area (Å²) >= 11 is 13.8. The highest BCUT2D eigenvalue weighted by molar-refractivity contribution is 8.16. The van der Waals surface area contributed by atoms with Gasteiger partial charge in [-0.15, -0.1) is 0 Å². The van der Waals surface area contributed by atoms with Crippen LogP contribution in [0.1, 0.15) is 12.8 Å². The number of benzene rings is 1. The molecular formula is C15H14Cl2N2O3S2. The van der Waals surface area contributed by atoms with Crippen LogP contribution < -0.4 is 4.90 Å². The molecule has 4 rings (SSSR count). The first-order valence-corrected chi connectivity index (χ1v) is 11.0. The van der Waals surface area contributed by atoms with Crippen LogP contribution in [0.25, 0.3) is 0 Å². The Labute approximate surface area is 154 Å². The maximum atomic E-state index is 12.1. The summed E-state index contributed by atoms with van der Waals surface area (Å²) < 4.78 is 24.0. The first-order chi connectivity index (χ1) is 11.3. The molecule has 1 saturated carbocycles. The zero-order chi connectivity index (χ0) is 17.1. The van der Waals surface area contributed by atoms with Crippen molar-refractivity contribution in [2.75, 3.05) is 16.4 Å². The van der Waals surface area contributed by atoms with Crippen LogP contribution in [0.5, 0.6) is 0 Å². The molecular weight excluding hydrogens is 391 g/mol. The Bertz CT molecular complexity index is 852. The molecule has 2 atom stereocenters. The van der Waals surface area contributed by atoms with Gasteiger partial charge >= 0.3 is 0 Å². The summed E-state index contributed by atoms with van der Waals surface area (Å²) in [5.41, 5.74) is 0.601. The van der Waals surface area contributed by atoms with Crippen molar-refractivity contribution in [2.45, 2.75) is 24.1 Å². The lowest BCUT2D eigenvalue weighted by molar-refractivity contribution is -0.118. The van der Waals surface area contributed by atoms with E-state index in [1.54, 1.807) is 23.1 Å². The fourth-order valence-electron chi connectivity index (χ4n) is 3.03. The van der Waals surface area contributed by atoms with E-state index in [-0.39, 0.29) is 34.6 Å². The van der Waals surface area contributed by atoms with E-state index in [0.29, 0.717) is 20.9 Å². The van der Waals surface area contributed by atoms with Crippen LogP contribution in [0.4, 0.5) is 5.69 Å². The average molecular weight is 405 g/mol. The van der Waals surface area contributed by atoms with Crippen molar-refractivity contribution in [3.05, 3.63) is 28.2 Å². The van der Waals surface area contributed by atoms with Crippen molar-refractivity contribution >= 4 is 61.6 Å². The summed E-state index contributed by atoms with van der Waals surface area (Å²) in [6.07, 6.45) is 1.75. The Balaban J connectivity index is 1.77. The van der Waals surface area contributed by atoms with Crippen molar-refractivity contribution in [3.63, 3.8) is 0 Å². The molecule has 3 fully saturated rings. The molecule has 1 aliphatic carbocycles. The maximum absolute atomic E-state index is 12.1. The van der Waals surface area contributed by atoms with Gasteiger partial charge in [-0.3, -0.25) is 4.79 Å². The highest BCUT2D eigenvalue weighted by Gasteiger charge is 2.50. The third kappa shape index (κ3) is 3.07. The van der Waals surface area contributed by atoms with Crippen molar-refractivity contribution < 1.29 is 13.2 Å². The second kappa shape index (κ2) is 5.90. The van der Waals surface area contributed by atoms with Crippen LogP contribution in [0, 0.1) is 5.92 Å². The molecule has 0 unspecified atom stereocenters. The van der Waals surface area contributed by atoms with E-state index in [9.17, 15) is 13.2 Å². The number of hydrogen-bond donors (Lipinski definition) is 0. The van der Waals surface area contributed by atoms with Gasteiger partial charge in [0.1, 0.15) is 0 Å². The van der Waals surface area contributed by atoms with E-state index >= 15 is 0 Å². The van der Waals surface area contributed by atoms with E-state index in [2.05, 4.69) is 4.99 Å². The minimum atomic E-state index is -3.10. The number of amidine groups is 1. The molecule has 0 N–H and O–H groups in total. The van der Waals surface area contributed by atoms with Crippen LogP contribution >= 0.6 is 35.0 Å². The smallest absolute Gasteiger partial charge is 0.251 e. The van der Waals surface area contributed by atoms with Gasteiger partial charge in [-0.1, -0.05) is 35.0 Å². The van der Waals surface area contributed by atoms with Crippen LogP contribution in [-0.4, -0.2) is 42.3 Å². The number of aliphatic imine (C=N–C) groups is 1. The van der Waals surface area contributed by atoms with Crippen molar-refractivity contribution in [1.29, 1.82) is 0 Å². The van der Waals surface area contributed by atoms with E-state index < -0.39 is 9.84 Å². The summed E-state index contributed by atoms with van der Waals surface area (Å²) in [5.74, 6) is 0.0000795. The number of carbonyl (C=O) groups excluding carboxylic acids is 1. The fourth-order valence-corrected chi connectivity index (χ4v) is 7.32. The molecule has 128 valence electrons. The summed E-state index contributed by atoms with van der Waals surface area (Å²) in [5, 5.41) is 1.34. The lowest BCUT2D eigenvalue weighted by Gasteiger charge is -2.25. The standard InChI is InChI=1S/C15H14Cl2N2O3S2/c16-9-3-4-10(17)11(5-9)19-12-6-24(21,22)7-13(12)23-15(19)18-14(20)8-1-2-8/h3-5,8,12-13H,1-2,6-7H2/t12-,13-/m1/s1. The number of carbonyl (C=O) groups is 1. The van der Waals surface area contributed by atoms with Gasteiger partial charge in [0, 0.05) is 16.2 Å². The second-order valence-electron chi connectivity index (χ2n) is 6.27. The van der Waals surface area contributed by atoms with Crippen LogP contribution in [0.2, 0.25) is 10.0 Å². The predicted octanol–water partition coefficient (Wildman–Crippen LogP) is 3.00. The summed E-state index contributed by atoms with van der Waals surface area (Å²) in [4.78, 5) is 18.2. The van der Waals surface area contributed by atoms with Gasteiger partial charge in [0.05, 0.1) is 28.3 Å². The van der Waals surface area contributed by atoms with E-state index in [1.165, 1.54) is 11.8 Å². The number of rotatable bonds is 2. The van der Waals surface area contributed by atoms with Crippen LogP contribution in [0.3, 0.4) is 0 Å². The number of fused-ring (bicyclic) bond motifs is 1. The highest BCUT2D eigenvalue weighted by atomic mass is 35.5. The second-order valence-corrected chi connectivity index (χ2v) is 10.5. The topological polar surface area (TPSA) is 66.8 Å². The Morgan fingerprint density at radius 3 is 2.71 bits per heavy atom. The Hall–Kier alpha value is -0.760. The molecule has 1 aromatic rings. The molecule has 2 aliphatic heterocycles. The van der Waals surface area contributed by atoms with Gasteiger partial charge in [-0.05, 0) is 31.0 Å². The third-order valence-electron chi connectivity index (χ3n) is 4.37. The van der Waals surface area contributed by atoms with Crippen molar-refractivity contribution in [1.82, 2.24) is 0 Å². The Morgan fingerprint density at radius 1 is 1.25 bits per heavy atom. The first-order valence-electron chi connectivity index (χ1n) is 7.58. The van der Waals surface area contributed by atoms with Crippen LogP contribution in [0.15, 0.2) is 23.2 Å². The minimum Gasteiger partial charge on any atom is -0.314 e. The van der Waals surface area contributed by atoms with Gasteiger partial charge in [0.25, 0.3) is 5.91 Å². The van der Waals surface area contributed by atoms with Crippen LogP contribution in [-0.2, 0) is 14.6 Å². The molecule has 2 heterocycles. The third-order valence-corrected chi connectivity index (χ3v) is 8.13. The molecule has 0 spiro atoms. The number of hydrogen-bond acceptors (Lipinski definition) is 4. The average Bonchev–Trinajstić information content (AvgIpc) is 3.23. The molecule has 1 amide bonds.